The van der Waals surface area contributed by atoms with E-state index in [0.29, 0.717) is 24.2 Å². The number of non-ortho nitro benzene ring substituents is 1. The van der Waals surface area contributed by atoms with Crippen molar-refractivity contribution in [3.8, 4) is 0 Å². The molecule has 1 N–H and O–H groups in total. The molecule has 1 unspecified atom stereocenters. The minimum absolute atomic E-state index is 0.0424. The maximum atomic E-state index is 11.7. The highest BCUT2D eigenvalue weighted by Crippen LogP contribution is 2.30. The van der Waals surface area contributed by atoms with Crippen molar-refractivity contribution >= 4 is 29.9 Å². The van der Waals surface area contributed by atoms with Crippen LogP contribution in [0.5, 0.6) is 0 Å². The molecule has 0 aromatic heterocycles. The van der Waals surface area contributed by atoms with Crippen molar-refractivity contribution in [3.63, 3.8) is 0 Å². The van der Waals surface area contributed by atoms with Gasteiger partial charge in [-0.3, -0.25) is 14.9 Å². The van der Waals surface area contributed by atoms with Gasteiger partial charge in [-0.1, -0.05) is 0 Å². The van der Waals surface area contributed by atoms with Crippen molar-refractivity contribution in [1.82, 2.24) is 0 Å². The molecule has 1 amide bonds. The predicted molar refractivity (Wildman–Crippen MR) is 68.8 cm³/mol. The Hall–Kier alpha value is -1.60. The van der Waals surface area contributed by atoms with E-state index < -0.39 is 4.92 Å². The summed E-state index contributed by atoms with van der Waals surface area (Å²) >= 11 is 4.24. The number of benzene rings is 1. The third kappa shape index (κ3) is 2.32. The molecule has 1 aliphatic rings. The molecule has 1 heterocycles. The van der Waals surface area contributed by atoms with Crippen LogP contribution in [0, 0.1) is 10.1 Å². The van der Waals surface area contributed by atoms with Crippen molar-refractivity contribution in [1.29, 1.82) is 0 Å². The van der Waals surface area contributed by atoms with Crippen LogP contribution in [-0.2, 0) is 11.4 Å². The molecule has 1 fully saturated rings. The fourth-order valence-corrected chi connectivity index (χ4v) is 2.32. The highest BCUT2D eigenvalue weighted by atomic mass is 32.1. The molecule has 0 saturated carbocycles. The zero-order chi connectivity index (χ0) is 13.3. The summed E-state index contributed by atoms with van der Waals surface area (Å²) in [5, 5.41) is 19.9. The fraction of sp³-hybridized carbons (Fsp3) is 0.364. The Balaban J connectivity index is 2.39. The first-order valence-corrected chi connectivity index (χ1v) is 5.91. The minimum atomic E-state index is -0.532. The standard InChI is InChI=1S/C11H12N2O4S/c14-6-7-3-8(13(16)17)1-2-10(7)12-5-9(18)4-11(12)15/h1-3,9,14,18H,4-6H2. The first-order valence-electron chi connectivity index (χ1n) is 5.39. The maximum Gasteiger partial charge on any atom is 0.269 e. The van der Waals surface area contributed by atoms with Gasteiger partial charge in [0.1, 0.15) is 0 Å². The summed E-state index contributed by atoms with van der Waals surface area (Å²) in [5.41, 5.74) is 0.793. The Kier molecular flexibility index (Phi) is 3.53. The van der Waals surface area contributed by atoms with Crippen LogP contribution in [0.3, 0.4) is 0 Å². The molecular weight excluding hydrogens is 256 g/mol. The molecule has 18 heavy (non-hydrogen) atoms. The van der Waals surface area contributed by atoms with E-state index in [9.17, 15) is 20.0 Å². The van der Waals surface area contributed by atoms with E-state index in [4.69, 9.17) is 0 Å². The van der Waals surface area contributed by atoms with E-state index in [0.717, 1.165) is 0 Å². The lowest BCUT2D eigenvalue weighted by Gasteiger charge is -2.19. The molecule has 0 aliphatic carbocycles. The van der Waals surface area contributed by atoms with Crippen LogP contribution < -0.4 is 4.90 Å². The fourth-order valence-electron chi connectivity index (χ4n) is 2.00. The molecule has 96 valence electrons. The Bertz CT molecular complexity index is 506. The van der Waals surface area contributed by atoms with E-state index >= 15 is 0 Å². The first-order chi connectivity index (χ1) is 8.52. The van der Waals surface area contributed by atoms with Crippen LogP contribution in [0.1, 0.15) is 12.0 Å². The van der Waals surface area contributed by atoms with Crippen molar-refractivity contribution in [3.05, 3.63) is 33.9 Å². The topological polar surface area (TPSA) is 83.7 Å². The molecule has 1 atom stereocenters. The number of nitro groups is 1. The number of thiol groups is 1. The van der Waals surface area contributed by atoms with Crippen molar-refractivity contribution < 1.29 is 14.8 Å². The van der Waals surface area contributed by atoms with Gasteiger partial charge in [0.25, 0.3) is 5.69 Å². The minimum Gasteiger partial charge on any atom is -0.392 e. The van der Waals surface area contributed by atoms with E-state index in [2.05, 4.69) is 12.6 Å². The Labute approximate surface area is 109 Å². The van der Waals surface area contributed by atoms with Gasteiger partial charge in [-0.15, -0.1) is 0 Å². The van der Waals surface area contributed by atoms with Gasteiger partial charge < -0.3 is 10.0 Å². The Morgan fingerprint density at radius 3 is 2.78 bits per heavy atom. The van der Waals surface area contributed by atoms with Gasteiger partial charge in [0.05, 0.1) is 11.5 Å². The number of nitro benzene ring substituents is 1. The van der Waals surface area contributed by atoms with Crippen molar-refractivity contribution in [2.75, 3.05) is 11.4 Å². The van der Waals surface area contributed by atoms with Gasteiger partial charge in [0.15, 0.2) is 0 Å². The molecule has 0 radical (unpaired) electrons. The normalized spacial score (nSPS) is 19.3. The largest absolute Gasteiger partial charge is 0.392 e. The predicted octanol–water partition coefficient (Wildman–Crippen LogP) is 1.12. The molecule has 7 heteroatoms. The van der Waals surface area contributed by atoms with Crippen LogP contribution >= 0.6 is 12.6 Å². The number of carbonyl (C=O) groups is 1. The lowest BCUT2D eigenvalue weighted by atomic mass is 10.1. The van der Waals surface area contributed by atoms with E-state index in [1.165, 1.54) is 23.1 Å². The summed E-state index contributed by atoms with van der Waals surface area (Å²) in [6.07, 6.45) is 0.338. The van der Waals surface area contributed by atoms with E-state index in [1.807, 2.05) is 0 Å². The molecule has 1 aromatic carbocycles. The SMILES string of the molecule is O=C1CC(S)CN1c1ccc([N+](=O)[O-])cc1CO. The van der Waals surface area contributed by atoms with Gasteiger partial charge >= 0.3 is 0 Å². The molecule has 1 aromatic rings. The van der Waals surface area contributed by atoms with E-state index in [-0.39, 0.29) is 23.5 Å². The molecule has 6 nitrogen and oxygen atoms in total. The first kappa shape index (κ1) is 12.8. The molecule has 0 spiro atoms. The average molecular weight is 268 g/mol. The second-order valence-corrected chi connectivity index (χ2v) is 4.82. The number of aliphatic hydroxyl groups excluding tert-OH is 1. The third-order valence-corrected chi connectivity index (χ3v) is 3.19. The zero-order valence-corrected chi connectivity index (χ0v) is 10.3. The molecule has 0 bridgehead atoms. The Morgan fingerprint density at radius 1 is 1.56 bits per heavy atom. The molecule has 2 rings (SSSR count). The second kappa shape index (κ2) is 4.95. The lowest BCUT2D eigenvalue weighted by Crippen LogP contribution is -2.25. The highest BCUT2D eigenvalue weighted by molar-refractivity contribution is 7.81. The van der Waals surface area contributed by atoms with Crippen molar-refractivity contribution in [2.45, 2.75) is 18.3 Å². The van der Waals surface area contributed by atoms with Gasteiger partial charge in [-0.2, -0.15) is 12.6 Å². The maximum absolute atomic E-state index is 11.7. The highest BCUT2D eigenvalue weighted by Gasteiger charge is 2.30. The Morgan fingerprint density at radius 2 is 2.28 bits per heavy atom. The summed E-state index contributed by atoms with van der Waals surface area (Å²) in [6.45, 7) is 0.102. The van der Waals surface area contributed by atoms with E-state index in [1.54, 1.807) is 0 Å². The van der Waals surface area contributed by atoms with Crippen LogP contribution in [-0.4, -0.2) is 27.7 Å². The number of rotatable bonds is 3. The summed E-state index contributed by atoms with van der Waals surface area (Å²) in [7, 11) is 0. The third-order valence-electron chi connectivity index (χ3n) is 2.84. The molecule has 1 saturated heterocycles. The monoisotopic (exact) mass is 268 g/mol. The van der Waals surface area contributed by atoms with Crippen LogP contribution in [0.15, 0.2) is 18.2 Å². The quantitative estimate of drug-likeness (QED) is 0.489. The van der Waals surface area contributed by atoms with Gasteiger partial charge in [0.2, 0.25) is 5.91 Å². The summed E-state index contributed by atoms with van der Waals surface area (Å²) in [4.78, 5) is 23.4. The summed E-state index contributed by atoms with van der Waals surface area (Å²) in [6, 6.07) is 4.11. The van der Waals surface area contributed by atoms with Gasteiger partial charge in [-0.25, -0.2) is 0 Å². The van der Waals surface area contributed by atoms with Crippen LogP contribution in [0.2, 0.25) is 0 Å². The smallest absolute Gasteiger partial charge is 0.269 e. The lowest BCUT2D eigenvalue weighted by molar-refractivity contribution is -0.384. The average Bonchev–Trinajstić information content (AvgIpc) is 2.67. The van der Waals surface area contributed by atoms with Gasteiger partial charge in [-0.05, 0) is 6.07 Å². The summed E-state index contributed by atoms with van der Waals surface area (Å²) < 4.78 is 0. The number of carbonyl (C=O) groups excluding carboxylic acids is 1. The summed E-state index contributed by atoms with van der Waals surface area (Å²) in [5.74, 6) is -0.0847. The zero-order valence-electron chi connectivity index (χ0n) is 9.44. The molecule has 1 aliphatic heterocycles. The number of amides is 1. The number of anilines is 1. The molecular formula is C11H12N2O4S. The number of aliphatic hydroxyl groups is 1. The number of nitrogens with zero attached hydrogens (tertiary/aromatic N) is 2. The van der Waals surface area contributed by atoms with Crippen LogP contribution in [0.25, 0.3) is 0 Å². The van der Waals surface area contributed by atoms with Gasteiger partial charge in [0, 0.05) is 41.6 Å². The second-order valence-electron chi connectivity index (χ2n) is 4.09. The van der Waals surface area contributed by atoms with Crippen molar-refractivity contribution in [2.24, 2.45) is 0 Å². The number of hydrogen-bond donors (Lipinski definition) is 2. The van der Waals surface area contributed by atoms with Crippen LogP contribution in [0.4, 0.5) is 11.4 Å². The number of hydrogen-bond acceptors (Lipinski definition) is 5.